The molecule has 0 spiro atoms. The first-order chi connectivity index (χ1) is 6.11. The summed E-state index contributed by atoms with van der Waals surface area (Å²) in [4.78, 5) is 33.7. The van der Waals surface area contributed by atoms with E-state index in [0.717, 1.165) is 4.90 Å². The number of rotatable bonds is 4. The van der Waals surface area contributed by atoms with E-state index in [2.05, 4.69) is 5.32 Å². The molecular formula is C8H12N2O3. The third-order valence-electron chi connectivity index (χ3n) is 1.85. The average Bonchev–Trinajstić information content (AvgIpc) is 2.34. The van der Waals surface area contributed by atoms with Gasteiger partial charge in [0.2, 0.25) is 5.91 Å². The zero-order valence-corrected chi connectivity index (χ0v) is 7.50. The van der Waals surface area contributed by atoms with E-state index >= 15 is 0 Å². The van der Waals surface area contributed by atoms with Crippen LogP contribution >= 0.6 is 0 Å². The topological polar surface area (TPSA) is 66.5 Å². The molecule has 0 aliphatic carbocycles. The molecule has 3 amide bonds. The highest BCUT2D eigenvalue weighted by molar-refractivity contribution is 6.01. The first kappa shape index (κ1) is 9.70. The largest absolute Gasteiger partial charge is 0.329 e. The summed E-state index contributed by atoms with van der Waals surface area (Å²) in [5.41, 5.74) is 0. The number of Topliss-reactive ketones (excluding diaryl/α,β-unsaturated/α-hetero) is 1. The highest BCUT2D eigenvalue weighted by Gasteiger charge is 2.27. The Hall–Kier alpha value is -1.39. The number of hydrogen-bond donors (Lipinski definition) is 1. The predicted octanol–water partition coefficient (Wildman–Crippen LogP) is -0.0926. The van der Waals surface area contributed by atoms with Crippen molar-refractivity contribution in [2.24, 2.45) is 0 Å². The van der Waals surface area contributed by atoms with Gasteiger partial charge in [0.05, 0.1) is 6.54 Å². The number of hydrogen-bond acceptors (Lipinski definition) is 3. The molecule has 1 N–H and O–H groups in total. The van der Waals surface area contributed by atoms with E-state index < -0.39 is 0 Å². The van der Waals surface area contributed by atoms with E-state index in [-0.39, 0.29) is 24.3 Å². The fourth-order valence-corrected chi connectivity index (χ4v) is 1.17. The van der Waals surface area contributed by atoms with Crippen LogP contribution in [0.5, 0.6) is 0 Å². The monoisotopic (exact) mass is 184 g/mol. The molecule has 5 nitrogen and oxygen atoms in total. The van der Waals surface area contributed by atoms with Gasteiger partial charge >= 0.3 is 6.03 Å². The van der Waals surface area contributed by atoms with Gasteiger partial charge in [-0.2, -0.15) is 0 Å². The van der Waals surface area contributed by atoms with Crippen molar-refractivity contribution in [1.82, 2.24) is 10.2 Å². The number of urea groups is 1. The normalized spacial score (nSPS) is 16.2. The highest BCUT2D eigenvalue weighted by Crippen LogP contribution is 2.02. The van der Waals surface area contributed by atoms with Crippen LogP contribution in [0.4, 0.5) is 4.79 Å². The second-order valence-corrected chi connectivity index (χ2v) is 3.01. The second-order valence-electron chi connectivity index (χ2n) is 3.01. The van der Waals surface area contributed by atoms with Crippen LogP contribution in [0.1, 0.15) is 19.8 Å². The molecule has 0 saturated carbocycles. The maximum absolute atomic E-state index is 11.0. The van der Waals surface area contributed by atoms with Crippen molar-refractivity contribution in [2.45, 2.75) is 19.8 Å². The number of carbonyl (C=O) groups is 3. The number of imide groups is 1. The molecule has 1 aliphatic heterocycles. The SMILES string of the molecule is CC(=O)CCCN1C(=O)CNC1=O. The van der Waals surface area contributed by atoms with Crippen molar-refractivity contribution >= 4 is 17.7 Å². The molecule has 0 atom stereocenters. The van der Waals surface area contributed by atoms with Gasteiger partial charge in [-0.25, -0.2) is 4.79 Å². The third kappa shape index (κ3) is 2.54. The van der Waals surface area contributed by atoms with Crippen LogP contribution in [0.25, 0.3) is 0 Å². The summed E-state index contributed by atoms with van der Waals surface area (Å²) < 4.78 is 0. The van der Waals surface area contributed by atoms with Crippen LogP contribution < -0.4 is 5.32 Å². The number of amides is 3. The first-order valence-electron chi connectivity index (χ1n) is 4.19. The number of nitrogens with one attached hydrogen (secondary N) is 1. The zero-order valence-electron chi connectivity index (χ0n) is 7.50. The molecule has 1 saturated heterocycles. The Morgan fingerprint density at radius 2 is 2.23 bits per heavy atom. The Bertz CT molecular complexity index is 234. The van der Waals surface area contributed by atoms with E-state index in [1.54, 1.807) is 0 Å². The summed E-state index contributed by atoms with van der Waals surface area (Å²) in [6, 6.07) is -0.353. The van der Waals surface area contributed by atoms with Gasteiger partial charge in [-0.05, 0) is 13.3 Å². The van der Waals surface area contributed by atoms with Gasteiger partial charge < -0.3 is 10.1 Å². The number of ketones is 1. The minimum atomic E-state index is -0.353. The van der Waals surface area contributed by atoms with Crippen LogP contribution in [-0.4, -0.2) is 35.7 Å². The minimum Gasteiger partial charge on any atom is -0.329 e. The van der Waals surface area contributed by atoms with Crippen LogP contribution in [-0.2, 0) is 9.59 Å². The number of carbonyl (C=O) groups excluding carboxylic acids is 3. The van der Waals surface area contributed by atoms with Crippen LogP contribution in [0.2, 0.25) is 0 Å². The fraction of sp³-hybridized carbons (Fsp3) is 0.625. The lowest BCUT2D eigenvalue weighted by Crippen LogP contribution is -2.32. The third-order valence-corrected chi connectivity index (χ3v) is 1.85. The quantitative estimate of drug-likeness (QED) is 0.621. The van der Waals surface area contributed by atoms with Crippen LogP contribution in [0.15, 0.2) is 0 Å². The van der Waals surface area contributed by atoms with E-state index in [1.807, 2.05) is 0 Å². The Morgan fingerprint density at radius 3 is 2.69 bits per heavy atom. The molecule has 13 heavy (non-hydrogen) atoms. The maximum Gasteiger partial charge on any atom is 0.324 e. The van der Waals surface area contributed by atoms with E-state index in [0.29, 0.717) is 19.4 Å². The van der Waals surface area contributed by atoms with Crippen molar-refractivity contribution in [2.75, 3.05) is 13.1 Å². The Labute approximate surface area is 76.1 Å². The smallest absolute Gasteiger partial charge is 0.324 e. The molecule has 0 bridgehead atoms. The summed E-state index contributed by atoms with van der Waals surface area (Å²) in [5, 5.41) is 2.41. The summed E-state index contributed by atoms with van der Waals surface area (Å²) in [6.45, 7) is 1.91. The lowest BCUT2D eigenvalue weighted by molar-refractivity contribution is -0.125. The number of nitrogens with zero attached hydrogens (tertiary/aromatic N) is 1. The molecular weight excluding hydrogens is 172 g/mol. The van der Waals surface area contributed by atoms with Crippen LogP contribution in [0.3, 0.4) is 0 Å². The molecule has 0 aromatic rings. The van der Waals surface area contributed by atoms with Gasteiger partial charge in [0.25, 0.3) is 0 Å². The van der Waals surface area contributed by atoms with Crippen molar-refractivity contribution < 1.29 is 14.4 Å². The van der Waals surface area contributed by atoms with Gasteiger partial charge in [0, 0.05) is 13.0 Å². The molecule has 1 rings (SSSR count). The molecule has 5 heteroatoms. The summed E-state index contributed by atoms with van der Waals surface area (Å²) in [7, 11) is 0. The van der Waals surface area contributed by atoms with Gasteiger partial charge in [0.15, 0.2) is 0 Å². The van der Waals surface area contributed by atoms with Crippen molar-refractivity contribution in [3.63, 3.8) is 0 Å². The standard InChI is InChI=1S/C8H12N2O3/c1-6(11)3-2-4-10-7(12)5-9-8(10)13/h2-5H2,1H3,(H,9,13). The van der Waals surface area contributed by atoms with Gasteiger partial charge in [-0.3, -0.25) is 9.69 Å². The average molecular weight is 184 g/mol. The molecule has 0 radical (unpaired) electrons. The van der Waals surface area contributed by atoms with Gasteiger partial charge in [-0.15, -0.1) is 0 Å². The molecule has 72 valence electrons. The molecule has 1 fully saturated rings. The zero-order chi connectivity index (χ0) is 9.84. The predicted molar refractivity (Wildman–Crippen MR) is 45.0 cm³/mol. The maximum atomic E-state index is 11.0. The molecule has 1 aliphatic rings. The van der Waals surface area contributed by atoms with Crippen molar-refractivity contribution in [1.29, 1.82) is 0 Å². The summed E-state index contributed by atoms with van der Waals surface area (Å²) >= 11 is 0. The second kappa shape index (κ2) is 4.02. The molecule has 1 heterocycles. The summed E-state index contributed by atoms with van der Waals surface area (Å²) in [5.74, 6) is -0.138. The van der Waals surface area contributed by atoms with Crippen molar-refractivity contribution in [3.05, 3.63) is 0 Å². The Balaban J connectivity index is 2.31. The Kier molecular flexibility index (Phi) is 3.00. The first-order valence-corrected chi connectivity index (χ1v) is 4.19. The van der Waals surface area contributed by atoms with E-state index in [1.165, 1.54) is 6.92 Å². The Morgan fingerprint density at radius 1 is 1.54 bits per heavy atom. The lowest BCUT2D eigenvalue weighted by atomic mass is 10.2. The minimum absolute atomic E-state index is 0.0760. The van der Waals surface area contributed by atoms with Gasteiger partial charge in [0.1, 0.15) is 5.78 Å². The fourth-order valence-electron chi connectivity index (χ4n) is 1.17. The van der Waals surface area contributed by atoms with Gasteiger partial charge in [-0.1, -0.05) is 0 Å². The summed E-state index contributed by atoms with van der Waals surface area (Å²) in [6.07, 6.45) is 0.964. The molecule has 0 aromatic heterocycles. The van der Waals surface area contributed by atoms with Crippen molar-refractivity contribution in [3.8, 4) is 0 Å². The van der Waals surface area contributed by atoms with Crippen LogP contribution in [0, 0.1) is 0 Å². The molecule has 0 unspecified atom stereocenters. The van der Waals surface area contributed by atoms with E-state index in [4.69, 9.17) is 0 Å². The highest BCUT2D eigenvalue weighted by atomic mass is 16.2. The lowest BCUT2D eigenvalue weighted by Gasteiger charge is -2.10. The molecule has 0 aromatic carbocycles. The van der Waals surface area contributed by atoms with E-state index in [9.17, 15) is 14.4 Å².